The van der Waals surface area contributed by atoms with Gasteiger partial charge in [0.1, 0.15) is 40.4 Å². The zero-order valence-corrected chi connectivity index (χ0v) is 79.5. The summed E-state index contributed by atoms with van der Waals surface area (Å²) in [7, 11) is 24.5. The minimum absolute atomic E-state index is 0.0161. The third-order valence-electron chi connectivity index (χ3n) is 19.7. The van der Waals surface area contributed by atoms with Gasteiger partial charge in [-0.1, -0.05) is 67.4 Å². The van der Waals surface area contributed by atoms with Crippen LogP contribution in [0.5, 0.6) is 5.75 Å². The number of carbonyl (C=O) groups excluding carboxylic acids is 4. The summed E-state index contributed by atoms with van der Waals surface area (Å²) in [4.78, 5) is 67.9. The molecule has 10 aromatic rings. The lowest BCUT2D eigenvalue weighted by molar-refractivity contribution is 0.0290. The number of methoxy groups -OCH3 is 1. The Hall–Kier alpha value is -11.9. The number of carbonyl (C=O) groups is 4. The summed E-state index contributed by atoms with van der Waals surface area (Å²) in [6.45, 7) is 23.4. The highest BCUT2D eigenvalue weighted by molar-refractivity contribution is 7.17. The zero-order valence-electron chi connectivity index (χ0n) is 78.7. The number of para-hydroxylation sites is 1. The van der Waals surface area contributed by atoms with E-state index in [9.17, 15) is 19.2 Å². The average molecular weight is 1760 g/mol. The molecule has 1 atom stereocenters. The third-order valence-corrected chi connectivity index (χ3v) is 20.6. The molecule has 0 spiro atoms. The van der Waals surface area contributed by atoms with Crippen molar-refractivity contribution >= 4 is 75.2 Å². The van der Waals surface area contributed by atoms with Crippen molar-refractivity contribution in [2.75, 3.05) is 141 Å². The maximum atomic E-state index is 11.6. The van der Waals surface area contributed by atoms with Crippen molar-refractivity contribution in [3.05, 3.63) is 183 Å². The van der Waals surface area contributed by atoms with E-state index in [2.05, 4.69) is 122 Å². The second-order valence-electron chi connectivity index (χ2n) is 30.6. The van der Waals surface area contributed by atoms with Crippen molar-refractivity contribution < 1.29 is 47.4 Å². The van der Waals surface area contributed by atoms with E-state index in [1.54, 1.807) is 82.6 Å². The molecule has 1 aromatic carbocycles. The number of likely N-dealkylation sites (tertiary alicyclic amines) is 1. The average Bonchev–Trinajstić information content (AvgIpc) is 1.70. The van der Waals surface area contributed by atoms with E-state index >= 15 is 0 Å². The predicted molar refractivity (Wildman–Crippen MR) is 502 cm³/mol. The van der Waals surface area contributed by atoms with Crippen molar-refractivity contribution in [2.45, 2.75) is 195 Å². The highest BCUT2D eigenvalue weighted by atomic mass is 32.1. The Bertz CT molecular complexity index is 4640. The van der Waals surface area contributed by atoms with Crippen LogP contribution >= 0.6 is 11.3 Å². The molecule has 1 aliphatic heterocycles. The molecule has 5 aliphatic rings. The Morgan fingerprint density at radius 3 is 1.46 bits per heavy atom. The number of amides is 1. The second kappa shape index (κ2) is 55.5. The van der Waals surface area contributed by atoms with Gasteiger partial charge in [-0.15, -0.1) is 10.2 Å². The number of aryl methyl sites for hydroxylation is 8. The Kier molecular flexibility index (Phi) is 46.1. The molecule has 5 fully saturated rings. The van der Waals surface area contributed by atoms with Crippen molar-refractivity contribution in [3.63, 3.8) is 0 Å². The van der Waals surface area contributed by atoms with Gasteiger partial charge in [-0.25, -0.2) is 29.1 Å². The van der Waals surface area contributed by atoms with Gasteiger partial charge in [0.2, 0.25) is 16.0 Å². The highest BCUT2D eigenvalue weighted by Crippen LogP contribution is 2.42. The van der Waals surface area contributed by atoms with Gasteiger partial charge in [0.15, 0.2) is 5.82 Å². The summed E-state index contributed by atoms with van der Waals surface area (Å²) < 4.78 is 35.4. The van der Waals surface area contributed by atoms with Crippen LogP contribution in [-0.2, 0) is 58.5 Å². The molecule has 690 valence electrons. The first-order valence-electron chi connectivity index (χ1n) is 43.2. The van der Waals surface area contributed by atoms with Crippen LogP contribution in [0.4, 0.5) is 44.7 Å². The third kappa shape index (κ3) is 37.5. The van der Waals surface area contributed by atoms with E-state index in [0.717, 1.165) is 132 Å². The summed E-state index contributed by atoms with van der Waals surface area (Å²) in [5, 5.41) is 52.9. The maximum absolute atomic E-state index is 11.6. The topological polar surface area (TPSA) is 396 Å². The van der Waals surface area contributed by atoms with Crippen LogP contribution in [0.2, 0.25) is 0 Å². The number of hydrogen-bond acceptors (Lipinski definition) is 31. The molecule has 0 bridgehead atoms. The number of nitrogens with zero attached hydrogens (tertiary/aromatic N) is 15. The lowest BCUT2D eigenvalue weighted by atomic mass is 9.97. The van der Waals surface area contributed by atoms with Gasteiger partial charge in [-0.05, 0) is 195 Å². The molecule has 10 heterocycles. The van der Waals surface area contributed by atoms with Crippen molar-refractivity contribution in [1.82, 2.24) is 85.1 Å². The van der Waals surface area contributed by atoms with Gasteiger partial charge in [-0.2, -0.15) is 20.3 Å². The number of benzene rings is 1. The number of anilines is 7. The van der Waals surface area contributed by atoms with Crippen LogP contribution in [0.15, 0.2) is 120 Å². The van der Waals surface area contributed by atoms with E-state index in [1.807, 2.05) is 202 Å². The molecule has 0 unspecified atom stereocenters. The molecular weight excluding hydrogens is 1620 g/mol. The Labute approximate surface area is 749 Å². The number of aromatic nitrogens is 14. The minimum Gasteiger partial charge on any atom is -0.497 e. The Morgan fingerprint density at radius 2 is 1.06 bits per heavy atom. The van der Waals surface area contributed by atoms with Crippen molar-refractivity contribution in [1.29, 1.82) is 0 Å². The summed E-state index contributed by atoms with van der Waals surface area (Å²) in [6.07, 6.45) is 18.4. The zero-order chi connectivity index (χ0) is 92.7. The molecule has 126 heavy (non-hydrogen) atoms. The fraction of sp³-hybridized carbons (Fsp3) is 0.527. The fourth-order valence-electron chi connectivity index (χ4n) is 12.3. The molecule has 4 aliphatic carbocycles. The van der Waals surface area contributed by atoms with E-state index < -0.39 is 11.6 Å². The van der Waals surface area contributed by atoms with Gasteiger partial charge in [0, 0.05) is 179 Å². The SMILES string of the molecule is CCOC(=O)c1cc(C)nc(CC)c1.CCOC(=O)c1ccnc(CC)c1.CCOC(=O)c1nnc(NC)s1.CNC1(c2noc(C)n2)CCCC1.CN[C@H]1CCN(C(=O)OC(C)(C)C)C1.CNc1cc(C2CC2)nn1C.CNc1cc(C2CC2)nn1C.CNc1cc(C2CC2)nn1C.CNc1cc(OC)ccn1.CNc1cccc(C)n1.CNc1ccccc1. The molecule has 34 nitrogen and oxygen atoms in total. The Morgan fingerprint density at radius 1 is 0.532 bits per heavy atom. The number of rotatable bonds is 22. The first-order chi connectivity index (χ1) is 60.5. The number of ether oxygens (including phenoxy) is 5. The normalized spacial score (nSPS) is 14.0. The number of esters is 3. The quantitative estimate of drug-likeness (QED) is 0.0225. The lowest BCUT2D eigenvalue weighted by Gasteiger charge is -2.24. The summed E-state index contributed by atoms with van der Waals surface area (Å²) in [5.74, 6) is 8.64. The number of likely N-dealkylation sites (N-methyl/N-ethyl adjacent to an activating group) is 1. The number of nitrogens with one attached hydrogen (secondary N) is 9. The van der Waals surface area contributed by atoms with Crippen LogP contribution in [0.25, 0.3) is 0 Å². The molecule has 0 radical (unpaired) electrons. The summed E-state index contributed by atoms with van der Waals surface area (Å²) in [5.41, 5.74) is 9.39. The molecule has 35 heteroatoms. The van der Waals surface area contributed by atoms with E-state index in [0.29, 0.717) is 48.0 Å². The van der Waals surface area contributed by atoms with Crippen LogP contribution in [0, 0.1) is 20.8 Å². The number of hydrogen-bond donors (Lipinski definition) is 9. The molecule has 1 saturated heterocycles. The van der Waals surface area contributed by atoms with Crippen LogP contribution in [0.3, 0.4) is 0 Å². The minimum atomic E-state index is -0.420. The Balaban J connectivity index is 0.000000247. The van der Waals surface area contributed by atoms with Gasteiger partial charge >= 0.3 is 24.0 Å². The first kappa shape index (κ1) is 105. The molecule has 4 saturated carbocycles. The molecule has 1 amide bonds. The standard InChI is InChI=1S/C11H15NO2.C10H20N2O2.C10H13NO2.C9H15N3O.3C8H13N3.C7H10N2O.C7H10N2.C7H9N.C6H9N3O2S/c1-4-10-7-9(6-8(3)12-10)11(13)14-5-2;1-10(2,3)14-9(13)12-6-5-8(7-12)11-4;1-3-9-7-8(5-6-11-9)10(12)13-4-2;1-7-11-8(12-13-7)9(10-2)5-3-4-6-9;3*1-9-8-5-7(6-3-4-6)10-11(8)2;1-8-7-5-6(10-2)3-4-9-7;1-6-4-3-5-7(8-2)9-6;1-8-7-5-3-2-4-6-7;1-3-11-5(10)4-8-9-6(7-2)12-4/h6-7H,4-5H2,1-3H3;8,11H,5-7H2,1-4H3;5-7H,3-4H2,1-2H3;10H,3-6H2,1-2H3;3*5-6,9H,3-4H2,1-2H3;3-5H,1-2H3,(H,8,9);3-5H,1-2H3,(H,8,9);2-6,8H,1H3;3H2,1-2H3,(H,7,9)/t;8-;;;;;;;;;/m.0........./s1. The fourth-order valence-corrected chi connectivity index (χ4v) is 12.9. The largest absolute Gasteiger partial charge is 0.497 e. The van der Waals surface area contributed by atoms with Crippen molar-refractivity contribution in [3.8, 4) is 5.75 Å². The monoisotopic (exact) mass is 1760 g/mol. The van der Waals surface area contributed by atoms with Crippen LogP contribution < -0.4 is 52.6 Å². The highest BCUT2D eigenvalue weighted by Gasteiger charge is 2.38. The molecule has 9 N–H and O–H groups in total. The first-order valence-corrected chi connectivity index (χ1v) is 44.1. The van der Waals surface area contributed by atoms with E-state index in [4.69, 9.17) is 28.2 Å². The lowest BCUT2D eigenvalue weighted by Crippen LogP contribution is -2.38. The maximum Gasteiger partial charge on any atom is 0.410 e. The second-order valence-corrected chi connectivity index (χ2v) is 31.6. The molecule has 9 aromatic heterocycles. The smallest absolute Gasteiger partial charge is 0.410 e. The summed E-state index contributed by atoms with van der Waals surface area (Å²) in [6, 6.07) is 33.4. The molecular formula is C91H140N24O10S. The van der Waals surface area contributed by atoms with Crippen molar-refractivity contribution in [2.24, 2.45) is 21.1 Å². The van der Waals surface area contributed by atoms with E-state index in [-0.39, 0.29) is 28.6 Å². The predicted octanol–water partition coefficient (Wildman–Crippen LogP) is 15.6. The van der Waals surface area contributed by atoms with Gasteiger partial charge < -0.3 is 81.0 Å². The van der Waals surface area contributed by atoms with Crippen LogP contribution in [0.1, 0.15) is 226 Å². The van der Waals surface area contributed by atoms with E-state index in [1.165, 1.54) is 79.8 Å². The van der Waals surface area contributed by atoms with Gasteiger partial charge in [-0.3, -0.25) is 24.0 Å². The molecule has 15 rings (SSSR count). The van der Waals surface area contributed by atoms with Gasteiger partial charge in [0.05, 0.1) is 60.7 Å². The van der Waals surface area contributed by atoms with Gasteiger partial charge in [0.25, 0.3) is 0 Å². The summed E-state index contributed by atoms with van der Waals surface area (Å²) >= 11 is 1.17. The van der Waals surface area contributed by atoms with Crippen LogP contribution in [-0.4, -0.2) is 214 Å². The number of pyridine rings is 4.